The van der Waals surface area contributed by atoms with Gasteiger partial charge in [-0.1, -0.05) is 0 Å². The predicted molar refractivity (Wildman–Crippen MR) is 60.0 cm³/mol. The fourth-order valence-corrected chi connectivity index (χ4v) is 1.98. The third-order valence-electron chi connectivity index (χ3n) is 3.15. The van der Waals surface area contributed by atoms with Crippen LogP contribution in [0.5, 0.6) is 0 Å². The maximum Gasteiger partial charge on any atom is 0.418 e. The van der Waals surface area contributed by atoms with Crippen molar-refractivity contribution in [3.63, 3.8) is 0 Å². The summed E-state index contributed by atoms with van der Waals surface area (Å²) in [5.74, 6) is 0.415. The number of hydrogen-bond acceptors (Lipinski definition) is 4. The number of nitrogens with two attached hydrogens (primary N) is 1. The zero-order valence-corrected chi connectivity index (χ0v) is 9.61. The number of aromatic nitrogens is 1. The molecule has 18 heavy (non-hydrogen) atoms. The van der Waals surface area contributed by atoms with Crippen LogP contribution >= 0.6 is 0 Å². The number of alkyl halides is 3. The number of nitrogens with zero attached hydrogens (tertiary/aromatic N) is 2. The average Bonchev–Trinajstić information content (AvgIpc) is 2.73. The summed E-state index contributed by atoms with van der Waals surface area (Å²) in [5.41, 5.74) is 3.61. The molecule has 100 valence electrons. The van der Waals surface area contributed by atoms with Crippen molar-refractivity contribution in [1.29, 1.82) is 0 Å². The molecule has 1 aromatic rings. The van der Waals surface area contributed by atoms with Crippen LogP contribution in [0.3, 0.4) is 0 Å². The summed E-state index contributed by atoms with van der Waals surface area (Å²) in [6.45, 7) is -0.0680. The predicted octanol–water partition coefficient (Wildman–Crippen LogP) is 1.04. The van der Waals surface area contributed by atoms with Crippen LogP contribution in [0.2, 0.25) is 0 Å². The van der Waals surface area contributed by atoms with Crippen molar-refractivity contribution in [2.45, 2.75) is 24.7 Å². The minimum Gasteiger partial charge on any atom is -0.379 e. The van der Waals surface area contributed by atoms with Gasteiger partial charge in [0.1, 0.15) is 5.82 Å². The van der Waals surface area contributed by atoms with Crippen LogP contribution in [0.25, 0.3) is 0 Å². The Bertz CT molecular complexity index is 438. The van der Waals surface area contributed by atoms with Gasteiger partial charge in [0.25, 0.3) is 0 Å². The summed E-state index contributed by atoms with van der Waals surface area (Å²) in [4.78, 5) is 5.43. The van der Waals surface area contributed by atoms with Crippen molar-refractivity contribution in [2.75, 3.05) is 18.0 Å². The summed E-state index contributed by atoms with van der Waals surface area (Å²) in [7, 11) is 0. The average molecular weight is 261 g/mol. The molecule has 1 atom stereocenters. The first-order valence-corrected chi connectivity index (χ1v) is 5.55. The number of halogens is 3. The molecule has 1 unspecified atom stereocenters. The lowest BCUT2D eigenvalue weighted by molar-refractivity contribution is -0.250. The topological polar surface area (TPSA) is 62.4 Å². The summed E-state index contributed by atoms with van der Waals surface area (Å²) in [6.07, 6.45) is -3.46. The van der Waals surface area contributed by atoms with E-state index < -0.39 is 18.3 Å². The normalized spacial score (nSPS) is 24.6. The van der Waals surface area contributed by atoms with E-state index >= 15 is 0 Å². The highest BCUT2D eigenvalue weighted by Crippen LogP contribution is 2.38. The quantitative estimate of drug-likeness (QED) is 0.835. The van der Waals surface area contributed by atoms with E-state index in [-0.39, 0.29) is 13.0 Å². The molecule has 7 heteroatoms. The minimum atomic E-state index is -4.62. The van der Waals surface area contributed by atoms with Gasteiger partial charge in [0.15, 0.2) is 5.60 Å². The molecule has 3 N–H and O–H groups in total. The molecule has 2 heterocycles. The monoisotopic (exact) mass is 261 g/mol. The molecule has 4 nitrogen and oxygen atoms in total. The number of pyridine rings is 1. The Hall–Kier alpha value is -1.34. The first-order valence-electron chi connectivity index (χ1n) is 5.55. The molecular formula is C11H14F3N3O. The second-order valence-electron chi connectivity index (χ2n) is 4.43. The largest absolute Gasteiger partial charge is 0.418 e. The van der Waals surface area contributed by atoms with E-state index in [0.29, 0.717) is 12.4 Å². The molecule has 1 aliphatic rings. The molecule has 0 amide bonds. The molecule has 0 spiro atoms. The second kappa shape index (κ2) is 4.40. The lowest BCUT2D eigenvalue weighted by Crippen LogP contribution is -2.47. The Kier molecular flexibility index (Phi) is 3.20. The first kappa shape index (κ1) is 13.1. The van der Waals surface area contributed by atoms with Gasteiger partial charge in [-0.2, -0.15) is 13.2 Å². The van der Waals surface area contributed by atoms with Crippen LogP contribution in [0, 0.1) is 0 Å². The van der Waals surface area contributed by atoms with Gasteiger partial charge < -0.3 is 15.7 Å². The molecule has 0 aliphatic carbocycles. The van der Waals surface area contributed by atoms with Gasteiger partial charge in [-0.3, -0.25) is 0 Å². The number of hydrogen-bond donors (Lipinski definition) is 2. The van der Waals surface area contributed by atoms with Gasteiger partial charge in [-0.15, -0.1) is 0 Å². The highest BCUT2D eigenvalue weighted by molar-refractivity contribution is 5.43. The highest BCUT2D eigenvalue weighted by atomic mass is 19.4. The van der Waals surface area contributed by atoms with Gasteiger partial charge in [-0.25, -0.2) is 4.98 Å². The summed E-state index contributed by atoms with van der Waals surface area (Å²) in [5, 5.41) is 9.57. The summed E-state index contributed by atoms with van der Waals surface area (Å²) in [6, 6.07) is 3.34. The van der Waals surface area contributed by atoms with E-state index in [1.54, 1.807) is 12.1 Å². The van der Waals surface area contributed by atoms with E-state index in [1.165, 1.54) is 11.1 Å². The lowest BCUT2D eigenvalue weighted by Gasteiger charge is -2.26. The van der Waals surface area contributed by atoms with E-state index in [9.17, 15) is 18.3 Å². The van der Waals surface area contributed by atoms with Crippen LogP contribution in [-0.4, -0.2) is 35.0 Å². The number of aliphatic hydroxyl groups is 1. The minimum absolute atomic E-state index is 0.122. The fraction of sp³-hybridized carbons (Fsp3) is 0.545. The highest BCUT2D eigenvalue weighted by Gasteiger charge is 2.57. The lowest BCUT2D eigenvalue weighted by atomic mass is 10.0. The van der Waals surface area contributed by atoms with Crippen molar-refractivity contribution in [3.05, 3.63) is 23.9 Å². The Morgan fingerprint density at radius 3 is 2.78 bits per heavy atom. The van der Waals surface area contributed by atoms with E-state index in [1.807, 2.05) is 0 Å². The van der Waals surface area contributed by atoms with Crippen LogP contribution in [0.1, 0.15) is 12.0 Å². The summed E-state index contributed by atoms with van der Waals surface area (Å²) >= 11 is 0. The number of anilines is 1. The zero-order valence-electron chi connectivity index (χ0n) is 9.61. The molecule has 0 aromatic carbocycles. The van der Waals surface area contributed by atoms with Gasteiger partial charge in [0, 0.05) is 25.7 Å². The second-order valence-corrected chi connectivity index (χ2v) is 4.43. The molecule has 0 saturated carbocycles. The Morgan fingerprint density at radius 1 is 1.50 bits per heavy atom. The number of rotatable bonds is 2. The zero-order chi connectivity index (χ0) is 13.4. The number of β-amino-alcohol motifs (C(OH)–C–C–N with tert-alkyl or cyclic N) is 1. The molecule has 1 fully saturated rings. The summed E-state index contributed by atoms with van der Waals surface area (Å²) < 4.78 is 38.0. The van der Waals surface area contributed by atoms with Gasteiger partial charge in [0.05, 0.1) is 6.54 Å². The maximum absolute atomic E-state index is 12.7. The van der Waals surface area contributed by atoms with Gasteiger partial charge in [0.2, 0.25) is 0 Å². The molecule has 1 aromatic heterocycles. The van der Waals surface area contributed by atoms with Crippen molar-refractivity contribution in [1.82, 2.24) is 4.98 Å². The van der Waals surface area contributed by atoms with Crippen LogP contribution < -0.4 is 10.6 Å². The molecule has 0 bridgehead atoms. The Morgan fingerprint density at radius 2 is 2.22 bits per heavy atom. The van der Waals surface area contributed by atoms with E-state index in [0.717, 1.165) is 5.56 Å². The van der Waals surface area contributed by atoms with Crippen LogP contribution in [-0.2, 0) is 6.54 Å². The third kappa shape index (κ3) is 2.28. The molecule has 0 radical (unpaired) electrons. The van der Waals surface area contributed by atoms with E-state index in [2.05, 4.69) is 4.98 Å². The smallest absolute Gasteiger partial charge is 0.379 e. The van der Waals surface area contributed by atoms with Crippen LogP contribution in [0.4, 0.5) is 19.0 Å². The third-order valence-corrected chi connectivity index (χ3v) is 3.15. The van der Waals surface area contributed by atoms with Crippen molar-refractivity contribution in [3.8, 4) is 0 Å². The molecule has 2 rings (SSSR count). The van der Waals surface area contributed by atoms with E-state index in [4.69, 9.17) is 5.73 Å². The van der Waals surface area contributed by atoms with Crippen molar-refractivity contribution in [2.24, 2.45) is 5.73 Å². The fourth-order valence-electron chi connectivity index (χ4n) is 1.98. The van der Waals surface area contributed by atoms with Crippen molar-refractivity contribution >= 4 is 5.82 Å². The first-order chi connectivity index (χ1) is 8.36. The van der Waals surface area contributed by atoms with Crippen LogP contribution in [0.15, 0.2) is 18.3 Å². The standard InChI is InChI=1S/C11H14F3N3O/c12-11(13,14)10(18)2-4-17(7-10)9-5-8(6-15)1-3-16-9/h1,3,5,18H,2,4,6-7,15H2. The van der Waals surface area contributed by atoms with Gasteiger partial charge >= 0.3 is 6.18 Å². The SMILES string of the molecule is NCc1ccnc(N2CCC(O)(C(F)(F)F)C2)c1. The maximum atomic E-state index is 12.7. The Balaban J connectivity index is 2.18. The van der Waals surface area contributed by atoms with Gasteiger partial charge in [-0.05, 0) is 17.7 Å². The Labute approximate surface area is 102 Å². The van der Waals surface area contributed by atoms with Crippen molar-refractivity contribution < 1.29 is 18.3 Å². The molecular weight excluding hydrogens is 247 g/mol. The molecule has 1 saturated heterocycles. The molecule has 1 aliphatic heterocycles.